The van der Waals surface area contributed by atoms with Crippen molar-refractivity contribution in [2.75, 3.05) is 6.54 Å². The molecule has 134 valence electrons. The molecule has 25 heavy (non-hydrogen) atoms. The van der Waals surface area contributed by atoms with Gasteiger partial charge in [0.1, 0.15) is 11.4 Å². The summed E-state index contributed by atoms with van der Waals surface area (Å²) in [5.41, 5.74) is -0.733. The van der Waals surface area contributed by atoms with Crippen LogP contribution in [0.1, 0.15) is 25.7 Å². The predicted octanol–water partition coefficient (Wildman–Crippen LogP) is 1.55. The van der Waals surface area contributed by atoms with Crippen molar-refractivity contribution in [2.24, 2.45) is 0 Å². The summed E-state index contributed by atoms with van der Waals surface area (Å²) in [6.45, 7) is 0.192. The SMILES string of the molecule is N#CC1(NC(=O)C[C@H]2C[C@@H](S(=O)(=O)c3ccc(F)cc3Cl)CN2)CC1. The van der Waals surface area contributed by atoms with Gasteiger partial charge in [-0.3, -0.25) is 4.79 Å². The Bertz CT molecular complexity index is 849. The first kappa shape index (κ1) is 18.1. The van der Waals surface area contributed by atoms with Crippen LogP contribution in [0.15, 0.2) is 23.1 Å². The van der Waals surface area contributed by atoms with E-state index in [9.17, 15) is 17.6 Å². The van der Waals surface area contributed by atoms with Crippen molar-refractivity contribution in [1.29, 1.82) is 5.26 Å². The van der Waals surface area contributed by atoms with Gasteiger partial charge >= 0.3 is 0 Å². The summed E-state index contributed by atoms with van der Waals surface area (Å²) in [6, 6.07) is 4.98. The summed E-state index contributed by atoms with van der Waals surface area (Å²) < 4.78 is 38.5. The molecule has 0 spiro atoms. The number of hydrogen-bond donors (Lipinski definition) is 2. The zero-order chi connectivity index (χ0) is 18.2. The second-order valence-electron chi connectivity index (χ2n) is 6.53. The molecule has 9 heteroatoms. The number of nitriles is 1. The van der Waals surface area contributed by atoms with E-state index in [0.29, 0.717) is 12.8 Å². The number of carbonyl (C=O) groups excluding carboxylic acids is 1. The van der Waals surface area contributed by atoms with Gasteiger partial charge in [-0.05, 0) is 37.5 Å². The fourth-order valence-electron chi connectivity index (χ4n) is 2.99. The van der Waals surface area contributed by atoms with Crippen molar-refractivity contribution in [3.63, 3.8) is 0 Å². The molecule has 2 aliphatic rings. The number of carbonyl (C=O) groups is 1. The third-order valence-corrected chi connectivity index (χ3v) is 7.23. The van der Waals surface area contributed by atoms with Gasteiger partial charge in [0, 0.05) is 19.0 Å². The molecule has 1 aromatic carbocycles. The number of nitrogens with one attached hydrogen (secondary N) is 2. The third kappa shape index (κ3) is 3.78. The highest BCUT2D eigenvalue weighted by Gasteiger charge is 2.45. The second-order valence-corrected chi connectivity index (χ2v) is 9.13. The van der Waals surface area contributed by atoms with Crippen molar-refractivity contribution in [3.05, 3.63) is 29.0 Å². The van der Waals surface area contributed by atoms with Gasteiger partial charge in [0.2, 0.25) is 5.91 Å². The van der Waals surface area contributed by atoms with Crippen LogP contribution in [-0.2, 0) is 14.6 Å². The normalized spacial score (nSPS) is 24.5. The van der Waals surface area contributed by atoms with Gasteiger partial charge in [-0.25, -0.2) is 12.8 Å². The fraction of sp³-hybridized carbons (Fsp3) is 0.500. The molecule has 0 bridgehead atoms. The number of hydrogen-bond acceptors (Lipinski definition) is 5. The lowest BCUT2D eigenvalue weighted by molar-refractivity contribution is -0.122. The van der Waals surface area contributed by atoms with Crippen LogP contribution < -0.4 is 10.6 Å². The molecule has 1 saturated carbocycles. The summed E-state index contributed by atoms with van der Waals surface area (Å²) in [5, 5.41) is 13.8. The lowest BCUT2D eigenvalue weighted by Crippen LogP contribution is -2.39. The molecule has 2 fully saturated rings. The molecular weight excluding hydrogens is 369 g/mol. The predicted molar refractivity (Wildman–Crippen MR) is 89.1 cm³/mol. The van der Waals surface area contributed by atoms with Crippen LogP contribution >= 0.6 is 11.6 Å². The van der Waals surface area contributed by atoms with Gasteiger partial charge in [0.15, 0.2) is 9.84 Å². The topological polar surface area (TPSA) is 99.1 Å². The summed E-state index contributed by atoms with van der Waals surface area (Å²) in [6.07, 6.45) is 1.65. The molecule has 0 aromatic heterocycles. The third-order valence-electron chi connectivity index (χ3n) is 4.60. The summed E-state index contributed by atoms with van der Waals surface area (Å²) >= 11 is 5.87. The minimum Gasteiger partial charge on any atom is -0.338 e. The van der Waals surface area contributed by atoms with Crippen LogP contribution in [0.4, 0.5) is 4.39 Å². The zero-order valence-electron chi connectivity index (χ0n) is 13.3. The highest BCUT2D eigenvalue weighted by atomic mass is 35.5. The number of amides is 1. The van der Waals surface area contributed by atoms with Crippen molar-refractivity contribution < 1.29 is 17.6 Å². The van der Waals surface area contributed by atoms with Gasteiger partial charge in [0.25, 0.3) is 0 Å². The maximum Gasteiger partial charge on any atom is 0.222 e. The van der Waals surface area contributed by atoms with E-state index >= 15 is 0 Å². The minimum atomic E-state index is -3.73. The molecule has 3 rings (SSSR count). The Labute approximate surface area is 150 Å². The van der Waals surface area contributed by atoms with E-state index in [0.717, 1.165) is 18.2 Å². The van der Waals surface area contributed by atoms with Crippen LogP contribution in [0.3, 0.4) is 0 Å². The summed E-state index contributed by atoms with van der Waals surface area (Å²) in [4.78, 5) is 11.9. The molecule has 0 radical (unpaired) electrons. The number of benzene rings is 1. The molecule has 6 nitrogen and oxygen atoms in total. The smallest absolute Gasteiger partial charge is 0.222 e. The van der Waals surface area contributed by atoms with E-state index in [1.807, 2.05) is 0 Å². The first-order valence-electron chi connectivity index (χ1n) is 7.90. The monoisotopic (exact) mass is 385 g/mol. The van der Waals surface area contributed by atoms with Gasteiger partial charge in [-0.2, -0.15) is 5.26 Å². The molecule has 1 aliphatic heterocycles. The highest BCUT2D eigenvalue weighted by molar-refractivity contribution is 7.92. The molecule has 1 heterocycles. The van der Waals surface area contributed by atoms with Crippen LogP contribution in [0.5, 0.6) is 0 Å². The van der Waals surface area contributed by atoms with Crippen molar-refractivity contribution >= 4 is 27.3 Å². The number of sulfone groups is 1. The lowest BCUT2D eigenvalue weighted by Gasteiger charge is -2.14. The number of halogens is 2. The van der Waals surface area contributed by atoms with E-state index in [4.69, 9.17) is 16.9 Å². The Kier molecular flexibility index (Phi) is 4.75. The van der Waals surface area contributed by atoms with Gasteiger partial charge in [-0.15, -0.1) is 0 Å². The first-order chi connectivity index (χ1) is 11.8. The standard InChI is InChI=1S/C16H17ClFN3O3S/c17-13-5-10(18)1-2-14(13)25(23,24)12-6-11(20-8-12)7-15(22)21-16(9-19)3-4-16/h1-2,5,11-12,20H,3-4,6-8H2,(H,21,22)/t11-,12-/m1/s1. The molecule has 1 saturated heterocycles. The lowest BCUT2D eigenvalue weighted by atomic mass is 10.1. The first-order valence-corrected chi connectivity index (χ1v) is 9.83. The Balaban J connectivity index is 1.64. The van der Waals surface area contributed by atoms with Crippen LogP contribution in [0, 0.1) is 17.1 Å². The molecule has 1 amide bonds. The Morgan fingerprint density at radius 1 is 1.48 bits per heavy atom. The van der Waals surface area contributed by atoms with Crippen molar-refractivity contribution in [2.45, 2.75) is 47.4 Å². The van der Waals surface area contributed by atoms with Gasteiger partial charge < -0.3 is 10.6 Å². The van der Waals surface area contributed by atoms with Crippen LogP contribution in [0.25, 0.3) is 0 Å². The Hall–Kier alpha value is -1.69. The van der Waals surface area contributed by atoms with Crippen LogP contribution in [-0.4, -0.2) is 37.7 Å². The van der Waals surface area contributed by atoms with Crippen molar-refractivity contribution in [1.82, 2.24) is 10.6 Å². The van der Waals surface area contributed by atoms with E-state index in [1.165, 1.54) is 0 Å². The average Bonchev–Trinajstić information content (AvgIpc) is 3.14. The van der Waals surface area contributed by atoms with Crippen LogP contribution in [0.2, 0.25) is 5.02 Å². The maximum atomic E-state index is 13.1. The summed E-state index contributed by atoms with van der Waals surface area (Å²) in [7, 11) is -3.73. The van der Waals surface area contributed by atoms with Gasteiger partial charge in [0.05, 0.1) is 21.2 Å². The number of rotatable bonds is 5. The Morgan fingerprint density at radius 3 is 2.80 bits per heavy atom. The molecule has 1 aromatic rings. The van der Waals surface area contributed by atoms with Gasteiger partial charge in [-0.1, -0.05) is 11.6 Å². The molecule has 2 atom stereocenters. The largest absolute Gasteiger partial charge is 0.338 e. The highest BCUT2D eigenvalue weighted by Crippen LogP contribution is 2.34. The minimum absolute atomic E-state index is 0.103. The van der Waals surface area contributed by atoms with E-state index < -0.39 is 26.4 Å². The van der Waals surface area contributed by atoms with E-state index in [2.05, 4.69) is 16.7 Å². The maximum absolute atomic E-state index is 13.1. The molecular formula is C16H17ClFN3O3S. The molecule has 0 unspecified atom stereocenters. The molecule has 1 aliphatic carbocycles. The molecule has 2 N–H and O–H groups in total. The average molecular weight is 386 g/mol. The zero-order valence-corrected chi connectivity index (χ0v) is 14.8. The van der Waals surface area contributed by atoms with E-state index in [-0.39, 0.29) is 41.3 Å². The second kappa shape index (κ2) is 6.56. The fourth-order valence-corrected chi connectivity index (χ4v) is 5.23. The number of nitrogens with zero attached hydrogens (tertiary/aromatic N) is 1. The van der Waals surface area contributed by atoms with Crippen molar-refractivity contribution in [3.8, 4) is 6.07 Å². The Morgan fingerprint density at radius 2 is 2.20 bits per heavy atom. The quantitative estimate of drug-likeness (QED) is 0.749. The van der Waals surface area contributed by atoms with E-state index in [1.54, 1.807) is 0 Å². The summed E-state index contributed by atoms with van der Waals surface area (Å²) in [5.74, 6) is -0.871.